The fourth-order valence-corrected chi connectivity index (χ4v) is 2.04. The van der Waals surface area contributed by atoms with E-state index in [0.717, 1.165) is 12.5 Å². The van der Waals surface area contributed by atoms with Crippen molar-refractivity contribution >= 4 is 29.9 Å². The van der Waals surface area contributed by atoms with Gasteiger partial charge in [-0.2, -0.15) is 0 Å². The first-order valence-corrected chi connectivity index (χ1v) is 7.46. The van der Waals surface area contributed by atoms with Crippen LogP contribution in [-0.2, 0) is 4.79 Å². The van der Waals surface area contributed by atoms with Crippen LogP contribution in [0.15, 0.2) is 24.3 Å². The number of para-hydroxylation sites is 1. The van der Waals surface area contributed by atoms with Gasteiger partial charge in [-0.3, -0.25) is 9.59 Å². The highest BCUT2D eigenvalue weighted by atomic mass is 35.5. The molecule has 2 amide bonds. The van der Waals surface area contributed by atoms with Gasteiger partial charge >= 0.3 is 0 Å². The van der Waals surface area contributed by atoms with Crippen LogP contribution >= 0.6 is 12.4 Å². The second-order valence-electron chi connectivity index (χ2n) is 5.80. The first-order valence-electron chi connectivity index (χ1n) is 7.46. The molecule has 1 aromatic carbocycles. The summed E-state index contributed by atoms with van der Waals surface area (Å²) in [7, 11) is 0. The smallest absolute Gasteiger partial charge is 0.253 e. The van der Waals surface area contributed by atoms with Gasteiger partial charge in [-0.25, -0.2) is 0 Å². The number of amides is 2. The van der Waals surface area contributed by atoms with Crippen molar-refractivity contribution in [3.05, 3.63) is 29.8 Å². The molecule has 0 aromatic heterocycles. The van der Waals surface area contributed by atoms with E-state index in [0.29, 0.717) is 11.3 Å². The van der Waals surface area contributed by atoms with E-state index in [-0.39, 0.29) is 36.8 Å². The lowest BCUT2D eigenvalue weighted by Gasteiger charge is -2.13. The molecule has 1 aliphatic carbocycles. The van der Waals surface area contributed by atoms with Gasteiger partial charge in [0.15, 0.2) is 0 Å². The Morgan fingerprint density at radius 2 is 1.91 bits per heavy atom. The van der Waals surface area contributed by atoms with Crippen molar-refractivity contribution in [1.29, 1.82) is 0 Å². The van der Waals surface area contributed by atoms with E-state index in [4.69, 9.17) is 0 Å². The minimum atomic E-state index is -0.174. The number of halogens is 1. The number of anilines is 1. The molecule has 1 aliphatic rings. The molecule has 0 saturated heterocycles. The first-order chi connectivity index (χ1) is 10.1. The zero-order valence-electron chi connectivity index (χ0n) is 13.0. The SMILES string of the molecule is CC(C)NC(=O)c1ccccc1NC(=O)CNCC1CC1.Cl. The summed E-state index contributed by atoms with van der Waals surface area (Å²) in [5.74, 6) is 0.439. The van der Waals surface area contributed by atoms with E-state index in [1.165, 1.54) is 12.8 Å². The number of hydrogen-bond donors (Lipinski definition) is 3. The van der Waals surface area contributed by atoms with Crippen LogP contribution in [0.4, 0.5) is 5.69 Å². The minimum absolute atomic E-state index is 0. The molecule has 122 valence electrons. The molecule has 2 rings (SSSR count). The number of carbonyl (C=O) groups excluding carboxylic acids is 2. The summed E-state index contributed by atoms with van der Waals surface area (Å²) >= 11 is 0. The Morgan fingerprint density at radius 3 is 2.55 bits per heavy atom. The number of hydrogen-bond acceptors (Lipinski definition) is 3. The molecule has 0 heterocycles. The molecule has 0 unspecified atom stereocenters. The monoisotopic (exact) mass is 325 g/mol. The third-order valence-electron chi connectivity index (χ3n) is 3.28. The Balaban J connectivity index is 0.00000242. The maximum atomic E-state index is 12.1. The summed E-state index contributed by atoms with van der Waals surface area (Å²) in [4.78, 5) is 24.0. The number of benzene rings is 1. The third-order valence-corrected chi connectivity index (χ3v) is 3.28. The summed E-state index contributed by atoms with van der Waals surface area (Å²) in [5, 5.41) is 8.77. The lowest BCUT2D eigenvalue weighted by Crippen LogP contribution is -2.32. The second kappa shape index (κ2) is 8.76. The Labute approximate surface area is 137 Å². The molecule has 0 spiro atoms. The summed E-state index contributed by atoms with van der Waals surface area (Å²) in [6.07, 6.45) is 2.51. The van der Waals surface area contributed by atoms with Gasteiger partial charge in [0.25, 0.3) is 5.91 Å². The van der Waals surface area contributed by atoms with E-state index in [2.05, 4.69) is 16.0 Å². The van der Waals surface area contributed by atoms with Crippen molar-refractivity contribution in [2.75, 3.05) is 18.4 Å². The average Bonchev–Trinajstić information content (AvgIpc) is 3.22. The molecular formula is C16H24ClN3O2. The van der Waals surface area contributed by atoms with Gasteiger partial charge in [-0.05, 0) is 51.3 Å². The fraction of sp³-hybridized carbons (Fsp3) is 0.500. The van der Waals surface area contributed by atoms with Crippen molar-refractivity contribution < 1.29 is 9.59 Å². The molecule has 22 heavy (non-hydrogen) atoms. The summed E-state index contributed by atoms with van der Waals surface area (Å²) in [6.45, 7) is 4.97. The Bertz CT molecular complexity index is 516. The first kappa shape index (κ1) is 18.5. The molecule has 5 nitrogen and oxygen atoms in total. The Kier molecular flexibility index (Phi) is 7.35. The van der Waals surface area contributed by atoms with Crippen LogP contribution in [-0.4, -0.2) is 30.9 Å². The molecule has 1 fully saturated rings. The van der Waals surface area contributed by atoms with E-state index < -0.39 is 0 Å². The average molecular weight is 326 g/mol. The molecule has 0 radical (unpaired) electrons. The van der Waals surface area contributed by atoms with Crippen molar-refractivity contribution in [1.82, 2.24) is 10.6 Å². The maximum Gasteiger partial charge on any atom is 0.253 e. The molecule has 3 N–H and O–H groups in total. The standard InChI is InChI=1S/C16H23N3O2.ClH/c1-11(2)18-16(21)13-5-3-4-6-14(13)19-15(20)10-17-9-12-7-8-12;/h3-6,11-12,17H,7-10H2,1-2H3,(H,18,21)(H,19,20);1H. The van der Waals surface area contributed by atoms with Gasteiger partial charge in [0.1, 0.15) is 0 Å². The van der Waals surface area contributed by atoms with Crippen LogP contribution in [0.2, 0.25) is 0 Å². The van der Waals surface area contributed by atoms with Crippen LogP contribution in [0.5, 0.6) is 0 Å². The van der Waals surface area contributed by atoms with Gasteiger partial charge in [-0.15, -0.1) is 12.4 Å². The predicted molar refractivity (Wildman–Crippen MR) is 90.5 cm³/mol. The predicted octanol–water partition coefficient (Wildman–Crippen LogP) is 2.18. The van der Waals surface area contributed by atoms with Crippen molar-refractivity contribution in [3.63, 3.8) is 0 Å². The molecule has 1 aromatic rings. The quantitative estimate of drug-likeness (QED) is 0.719. The minimum Gasteiger partial charge on any atom is -0.350 e. The number of carbonyl (C=O) groups is 2. The largest absolute Gasteiger partial charge is 0.350 e. The Hall–Kier alpha value is -1.59. The maximum absolute atomic E-state index is 12.1. The topological polar surface area (TPSA) is 70.2 Å². The van der Waals surface area contributed by atoms with Gasteiger partial charge < -0.3 is 16.0 Å². The zero-order valence-corrected chi connectivity index (χ0v) is 13.8. The van der Waals surface area contributed by atoms with Gasteiger partial charge in [-0.1, -0.05) is 12.1 Å². The van der Waals surface area contributed by atoms with Gasteiger partial charge in [0.05, 0.1) is 17.8 Å². The van der Waals surface area contributed by atoms with E-state index in [1.54, 1.807) is 24.3 Å². The van der Waals surface area contributed by atoms with Crippen molar-refractivity contribution in [2.24, 2.45) is 5.92 Å². The number of nitrogens with one attached hydrogen (secondary N) is 3. The molecule has 6 heteroatoms. The van der Waals surface area contributed by atoms with Crippen LogP contribution in [0.1, 0.15) is 37.0 Å². The highest BCUT2D eigenvalue weighted by Crippen LogP contribution is 2.27. The molecule has 0 aliphatic heterocycles. The second-order valence-corrected chi connectivity index (χ2v) is 5.80. The van der Waals surface area contributed by atoms with Gasteiger partial charge in [0.2, 0.25) is 5.91 Å². The van der Waals surface area contributed by atoms with Crippen LogP contribution in [0.25, 0.3) is 0 Å². The summed E-state index contributed by atoms with van der Waals surface area (Å²) in [6, 6.07) is 7.11. The summed E-state index contributed by atoms with van der Waals surface area (Å²) < 4.78 is 0. The molecule has 1 saturated carbocycles. The van der Waals surface area contributed by atoms with E-state index in [1.807, 2.05) is 13.8 Å². The van der Waals surface area contributed by atoms with E-state index >= 15 is 0 Å². The highest BCUT2D eigenvalue weighted by molar-refractivity contribution is 6.04. The lowest BCUT2D eigenvalue weighted by molar-refractivity contribution is -0.115. The van der Waals surface area contributed by atoms with Crippen LogP contribution in [0.3, 0.4) is 0 Å². The Morgan fingerprint density at radius 1 is 1.23 bits per heavy atom. The van der Waals surface area contributed by atoms with E-state index in [9.17, 15) is 9.59 Å². The molecular weight excluding hydrogens is 302 g/mol. The van der Waals surface area contributed by atoms with Crippen LogP contribution < -0.4 is 16.0 Å². The van der Waals surface area contributed by atoms with Crippen LogP contribution in [0, 0.1) is 5.92 Å². The number of rotatable bonds is 7. The molecule has 0 bridgehead atoms. The summed E-state index contributed by atoms with van der Waals surface area (Å²) in [5.41, 5.74) is 1.04. The third kappa shape index (κ3) is 6.03. The fourth-order valence-electron chi connectivity index (χ4n) is 2.04. The normalized spacial score (nSPS) is 13.4. The van der Waals surface area contributed by atoms with Gasteiger partial charge in [0, 0.05) is 6.04 Å². The highest BCUT2D eigenvalue weighted by Gasteiger charge is 2.20. The van der Waals surface area contributed by atoms with Crippen molar-refractivity contribution in [3.8, 4) is 0 Å². The molecule has 0 atom stereocenters. The zero-order chi connectivity index (χ0) is 15.2. The lowest BCUT2D eigenvalue weighted by atomic mass is 10.1. The van der Waals surface area contributed by atoms with Crippen molar-refractivity contribution in [2.45, 2.75) is 32.7 Å².